The van der Waals surface area contributed by atoms with E-state index in [1.54, 1.807) is 18.1 Å². The van der Waals surface area contributed by atoms with E-state index in [2.05, 4.69) is 10.0 Å². The number of hydrogen-bond acceptors (Lipinski definition) is 6. The molecule has 9 nitrogen and oxygen atoms in total. The van der Waals surface area contributed by atoms with Crippen LogP contribution in [0.25, 0.3) is 0 Å². The lowest BCUT2D eigenvalue weighted by molar-refractivity contribution is -0.122. The maximum Gasteiger partial charge on any atom is 0.240 e. The number of anilines is 2. The zero-order chi connectivity index (χ0) is 24.3. The molecule has 2 amide bonds. The summed E-state index contributed by atoms with van der Waals surface area (Å²) in [6.07, 6.45) is 1.76. The highest BCUT2D eigenvalue weighted by Gasteiger charge is 2.36. The Bertz CT molecular complexity index is 1160. The van der Waals surface area contributed by atoms with Crippen molar-refractivity contribution in [2.45, 2.75) is 37.2 Å². The molecule has 2 aromatic rings. The highest BCUT2D eigenvalue weighted by Crippen LogP contribution is 2.34. The molecule has 0 aliphatic carbocycles. The van der Waals surface area contributed by atoms with Crippen LogP contribution in [-0.4, -0.2) is 53.1 Å². The van der Waals surface area contributed by atoms with Crippen LogP contribution in [0.1, 0.15) is 24.8 Å². The Morgan fingerprint density at radius 3 is 2.65 bits per heavy atom. The summed E-state index contributed by atoms with van der Waals surface area (Å²) in [7, 11) is -2.13. The number of rotatable bonds is 8. The Hall–Kier alpha value is -2.95. The van der Waals surface area contributed by atoms with E-state index in [0.717, 1.165) is 18.4 Å². The molecule has 2 unspecified atom stereocenters. The molecule has 2 aromatic carbocycles. The zero-order valence-corrected chi connectivity index (χ0v) is 20.1. The van der Waals surface area contributed by atoms with Gasteiger partial charge in [0.15, 0.2) is 0 Å². The monoisotopic (exact) mass is 487 g/mol. The SMILES string of the molecule is COc1ccc(C)cc1N1CC(C(=O)Nc2ccc(S(=O)(=O)NCC3CCCO3)cc2)CC1=O. The van der Waals surface area contributed by atoms with Crippen LogP contribution in [0, 0.1) is 12.8 Å². The number of amides is 2. The second kappa shape index (κ2) is 10.1. The summed E-state index contributed by atoms with van der Waals surface area (Å²) < 4.78 is 38.4. The Labute approximate surface area is 199 Å². The normalized spacial score (nSPS) is 20.5. The average Bonchev–Trinajstić information content (AvgIpc) is 3.48. The maximum absolute atomic E-state index is 12.8. The first kappa shape index (κ1) is 24.2. The number of aryl methyl sites for hydroxylation is 1. The first-order valence-corrected chi connectivity index (χ1v) is 12.7. The third kappa shape index (κ3) is 5.40. The molecule has 0 saturated carbocycles. The van der Waals surface area contributed by atoms with Gasteiger partial charge in [0.1, 0.15) is 5.75 Å². The number of nitrogens with zero attached hydrogens (tertiary/aromatic N) is 1. The summed E-state index contributed by atoms with van der Waals surface area (Å²) in [6.45, 7) is 3.06. The number of sulfonamides is 1. The molecule has 2 heterocycles. The van der Waals surface area contributed by atoms with Gasteiger partial charge in [-0.25, -0.2) is 13.1 Å². The predicted octanol–water partition coefficient (Wildman–Crippen LogP) is 2.45. The molecule has 0 spiro atoms. The highest BCUT2D eigenvalue weighted by molar-refractivity contribution is 7.89. The fourth-order valence-electron chi connectivity index (χ4n) is 4.18. The summed E-state index contributed by atoms with van der Waals surface area (Å²) in [5.74, 6) is -0.406. The van der Waals surface area contributed by atoms with Crippen LogP contribution >= 0.6 is 0 Å². The molecule has 0 aromatic heterocycles. The molecule has 182 valence electrons. The molecule has 0 radical (unpaired) electrons. The van der Waals surface area contributed by atoms with E-state index in [4.69, 9.17) is 9.47 Å². The van der Waals surface area contributed by atoms with E-state index in [1.165, 1.54) is 24.3 Å². The lowest BCUT2D eigenvalue weighted by Gasteiger charge is -2.20. The number of carbonyl (C=O) groups is 2. The minimum atomic E-state index is -3.67. The quantitative estimate of drug-likeness (QED) is 0.591. The second-order valence-corrected chi connectivity index (χ2v) is 10.3. The molecule has 2 N–H and O–H groups in total. The van der Waals surface area contributed by atoms with E-state index in [9.17, 15) is 18.0 Å². The van der Waals surface area contributed by atoms with E-state index in [-0.39, 0.29) is 42.3 Å². The van der Waals surface area contributed by atoms with E-state index in [1.807, 2.05) is 19.1 Å². The van der Waals surface area contributed by atoms with Crippen molar-refractivity contribution in [3.05, 3.63) is 48.0 Å². The molecule has 2 aliphatic heterocycles. The van der Waals surface area contributed by atoms with Crippen molar-refractivity contribution in [3.63, 3.8) is 0 Å². The Kier molecular flexibility index (Phi) is 7.20. The second-order valence-electron chi connectivity index (χ2n) is 8.58. The molecule has 0 bridgehead atoms. The standard InChI is InChI=1S/C24H29N3O6S/c1-16-5-10-22(32-2)21(12-16)27-15-17(13-23(27)28)24(29)26-18-6-8-20(9-7-18)34(30,31)25-14-19-4-3-11-33-19/h5-10,12,17,19,25H,3-4,11,13-15H2,1-2H3,(H,26,29). The van der Waals surface area contributed by atoms with Gasteiger partial charge in [-0.05, 0) is 61.7 Å². The highest BCUT2D eigenvalue weighted by atomic mass is 32.2. The molecule has 2 aliphatic rings. The molecule has 2 fully saturated rings. The molecule has 10 heteroatoms. The molecular weight excluding hydrogens is 458 g/mol. The van der Waals surface area contributed by atoms with Crippen molar-refractivity contribution < 1.29 is 27.5 Å². The molecule has 2 saturated heterocycles. The first-order chi connectivity index (χ1) is 16.3. The fourth-order valence-corrected chi connectivity index (χ4v) is 5.25. The molecule has 2 atom stereocenters. The summed E-state index contributed by atoms with van der Waals surface area (Å²) in [4.78, 5) is 27.1. The minimum absolute atomic E-state index is 0.0859. The minimum Gasteiger partial charge on any atom is -0.495 e. The third-order valence-electron chi connectivity index (χ3n) is 6.08. The largest absolute Gasteiger partial charge is 0.495 e. The van der Waals surface area contributed by atoms with Crippen LogP contribution in [-0.2, 0) is 24.3 Å². The van der Waals surface area contributed by atoms with Crippen molar-refractivity contribution in [3.8, 4) is 5.75 Å². The van der Waals surface area contributed by atoms with E-state index in [0.29, 0.717) is 23.7 Å². The van der Waals surface area contributed by atoms with Gasteiger partial charge in [0, 0.05) is 31.8 Å². The van der Waals surface area contributed by atoms with Crippen molar-refractivity contribution >= 4 is 33.2 Å². The van der Waals surface area contributed by atoms with Gasteiger partial charge in [-0.3, -0.25) is 9.59 Å². The fraction of sp³-hybridized carbons (Fsp3) is 0.417. The molecule has 34 heavy (non-hydrogen) atoms. The Morgan fingerprint density at radius 1 is 1.21 bits per heavy atom. The summed E-state index contributed by atoms with van der Waals surface area (Å²) >= 11 is 0. The number of hydrogen-bond donors (Lipinski definition) is 2. The summed E-state index contributed by atoms with van der Waals surface area (Å²) in [5, 5.41) is 2.79. The van der Waals surface area contributed by atoms with Crippen molar-refractivity contribution in [1.29, 1.82) is 0 Å². The van der Waals surface area contributed by atoms with Gasteiger partial charge in [-0.1, -0.05) is 6.07 Å². The summed E-state index contributed by atoms with van der Waals surface area (Å²) in [6, 6.07) is 11.5. The predicted molar refractivity (Wildman–Crippen MR) is 127 cm³/mol. The average molecular weight is 488 g/mol. The molecular formula is C24H29N3O6S. The van der Waals surface area contributed by atoms with Gasteiger partial charge >= 0.3 is 0 Å². The van der Waals surface area contributed by atoms with Crippen LogP contribution in [0.4, 0.5) is 11.4 Å². The van der Waals surface area contributed by atoms with Crippen LogP contribution in [0.5, 0.6) is 5.75 Å². The van der Waals surface area contributed by atoms with Gasteiger partial charge < -0.3 is 19.7 Å². The number of methoxy groups -OCH3 is 1. The van der Waals surface area contributed by atoms with E-state index < -0.39 is 15.9 Å². The Balaban J connectivity index is 1.37. The number of ether oxygens (including phenoxy) is 2. The van der Waals surface area contributed by atoms with Crippen LogP contribution < -0.4 is 19.7 Å². The molecule has 4 rings (SSSR count). The van der Waals surface area contributed by atoms with Crippen molar-refractivity contribution in [2.24, 2.45) is 5.92 Å². The number of carbonyl (C=O) groups excluding carboxylic acids is 2. The van der Waals surface area contributed by atoms with E-state index >= 15 is 0 Å². The number of nitrogens with one attached hydrogen (secondary N) is 2. The van der Waals surface area contributed by atoms with Gasteiger partial charge in [-0.2, -0.15) is 0 Å². The zero-order valence-electron chi connectivity index (χ0n) is 19.2. The van der Waals surface area contributed by atoms with Gasteiger partial charge in [0.2, 0.25) is 21.8 Å². The van der Waals surface area contributed by atoms with Crippen molar-refractivity contribution in [2.75, 3.05) is 37.0 Å². The van der Waals surface area contributed by atoms with Crippen LogP contribution in [0.15, 0.2) is 47.4 Å². The maximum atomic E-state index is 12.8. The van der Waals surface area contributed by atoms with Crippen molar-refractivity contribution in [1.82, 2.24) is 4.72 Å². The van der Waals surface area contributed by atoms with Crippen LogP contribution in [0.2, 0.25) is 0 Å². The van der Waals surface area contributed by atoms with Crippen LogP contribution in [0.3, 0.4) is 0 Å². The first-order valence-electron chi connectivity index (χ1n) is 11.2. The van der Waals surface area contributed by atoms with Gasteiger partial charge in [0.05, 0.1) is 29.7 Å². The van der Waals surface area contributed by atoms with Gasteiger partial charge in [0.25, 0.3) is 0 Å². The summed E-state index contributed by atoms with van der Waals surface area (Å²) in [5.41, 5.74) is 2.09. The Morgan fingerprint density at radius 2 is 1.97 bits per heavy atom. The topological polar surface area (TPSA) is 114 Å². The number of benzene rings is 2. The van der Waals surface area contributed by atoms with Gasteiger partial charge in [-0.15, -0.1) is 0 Å². The lowest BCUT2D eigenvalue weighted by Crippen LogP contribution is -2.31. The smallest absolute Gasteiger partial charge is 0.240 e. The lowest BCUT2D eigenvalue weighted by atomic mass is 10.1. The third-order valence-corrected chi connectivity index (χ3v) is 7.52.